The van der Waals surface area contributed by atoms with Gasteiger partial charge in [-0.25, -0.2) is 0 Å². The van der Waals surface area contributed by atoms with E-state index in [0.29, 0.717) is 17.9 Å². The van der Waals surface area contributed by atoms with Crippen LogP contribution in [0.4, 0.5) is 0 Å². The summed E-state index contributed by atoms with van der Waals surface area (Å²) in [5, 5.41) is 0. The van der Waals surface area contributed by atoms with Crippen molar-refractivity contribution in [1.82, 2.24) is 4.90 Å². The molecule has 100 valence electrons. The van der Waals surface area contributed by atoms with Crippen molar-refractivity contribution in [3.63, 3.8) is 0 Å². The fourth-order valence-electron chi connectivity index (χ4n) is 3.65. The minimum absolute atomic E-state index is 0.0112. The lowest BCUT2D eigenvalue weighted by Crippen LogP contribution is -2.66. The van der Waals surface area contributed by atoms with Gasteiger partial charge >= 0.3 is 0 Å². The van der Waals surface area contributed by atoms with Crippen molar-refractivity contribution < 1.29 is 9.59 Å². The second kappa shape index (κ2) is 4.48. The Morgan fingerprint density at radius 2 is 2.05 bits per heavy atom. The van der Waals surface area contributed by atoms with Gasteiger partial charge in [0.1, 0.15) is 0 Å². The molecule has 0 N–H and O–H groups in total. The van der Waals surface area contributed by atoms with Crippen LogP contribution in [0.3, 0.4) is 0 Å². The summed E-state index contributed by atoms with van der Waals surface area (Å²) < 4.78 is 0. The number of carbonyl (C=O) groups is 2. The Bertz CT molecular complexity index is 511. The molecule has 3 nitrogen and oxygen atoms in total. The first-order chi connectivity index (χ1) is 9.12. The summed E-state index contributed by atoms with van der Waals surface area (Å²) in [5.41, 5.74) is 0.440. The zero-order valence-electron chi connectivity index (χ0n) is 11.3. The van der Waals surface area contributed by atoms with Crippen LogP contribution in [0.2, 0.25) is 0 Å². The first-order valence-electron chi connectivity index (χ1n) is 7.05. The largest absolute Gasteiger partial charge is 0.274 e. The van der Waals surface area contributed by atoms with Crippen LogP contribution in [-0.2, 0) is 4.79 Å². The summed E-state index contributed by atoms with van der Waals surface area (Å²) in [6, 6.07) is 9.14. The summed E-state index contributed by atoms with van der Waals surface area (Å²) >= 11 is 0. The van der Waals surface area contributed by atoms with Gasteiger partial charge < -0.3 is 0 Å². The molecule has 3 rings (SSSR count). The summed E-state index contributed by atoms with van der Waals surface area (Å²) in [7, 11) is 0. The minimum atomic E-state index is -0.179. The second-order valence-corrected chi connectivity index (χ2v) is 6.00. The van der Waals surface area contributed by atoms with E-state index in [0.717, 1.165) is 19.3 Å². The van der Waals surface area contributed by atoms with E-state index in [9.17, 15) is 9.59 Å². The number of carbonyl (C=O) groups excluding carboxylic acids is 2. The Labute approximate surface area is 113 Å². The third-order valence-corrected chi connectivity index (χ3v) is 4.50. The summed E-state index contributed by atoms with van der Waals surface area (Å²) in [5.74, 6) is 0.474. The summed E-state index contributed by atoms with van der Waals surface area (Å²) in [6.07, 6.45) is 4.82. The van der Waals surface area contributed by atoms with E-state index in [-0.39, 0.29) is 17.4 Å². The fourth-order valence-corrected chi connectivity index (χ4v) is 3.65. The highest BCUT2D eigenvalue weighted by Crippen LogP contribution is 2.46. The maximum absolute atomic E-state index is 12.5. The minimum Gasteiger partial charge on any atom is -0.274 e. The van der Waals surface area contributed by atoms with Crippen molar-refractivity contribution in [2.24, 2.45) is 5.92 Å². The Morgan fingerprint density at radius 1 is 1.32 bits per heavy atom. The smallest absolute Gasteiger partial charge is 0.260 e. The molecular weight excluding hydrogens is 238 g/mol. The lowest BCUT2D eigenvalue weighted by molar-refractivity contribution is -0.154. The van der Waals surface area contributed by atoms with Gasteiger partial charge in [-0.05, 0) is 30.9 Å². The molecule has 19 heavy (non-hydrogen) atoms. The monoisotopic (exact) mass is 257 g/mol. The number of benzene rings is 1. The molecule has 2 amide bonds. The van der Waals surface area contributed by atoms with E-state index in [2.05, 4.69) is 6.92 Å². The molecule has 1 spiro atoms. The predicted octanol–water partition coefficient (Wildman–Crippen LogP) is 3.01. The van der Waals surface area contributed by atoms with Gasteiger partial charge in [0.15, 0.2) is 0 Å². The van der Waals surface area contributed by atoms with Crippen LogP contribution >= 0.6 is 0 Å². The first kappa shape index (κ1) is 12.4. The molecule has 1 aliphatic heterocycles. The van der Waals surface area contributed by atoms with Crippen LogP contribution in [0.25, 0.3) is 0 Å². The van der Waals surface area contributed by atoms with Gasteiger partial charge in [-0.1, -0.05) is 38.0 Å². The van der Waals surface area contributed by atoms with Crippen LogP contribution in [0, 0.1) is 5.92 Å². The van der Waals surface area contributed by atoms with E-state index in [1.54, 1.807) is 12.1 Å². The van der Waals surface area contributed by atoms with Gasteiger partial charge in [0.05, 0.1) is 12.0 Å². The number of hydrogen-bond acceptors (Lipinski definition) is 2. The SMILES string of the molecule is CC1CCCC2(CC(=O)N2C(=O)c2ccccc2)C1. The van der Waals surface area contributed by atoms with Crippen molar-refractivity contribution in [1.29, 1.82) is 0 Å². The Morgan fingerprint density at radius 3 is 2.68 bits per heavy atom. The Hall–Kier alpha value is -1.64. The van der Waals surface area contributed by atoms with Gasteiger partial charge in [-0.2, -0.15) is 0 Å². The van der Waals surface area contributed by atoms with Crippen molar-refractivity contribution in [2.75, 3.05) is 0 Å². The predicted molar refractivity (Wildman–Crippen MR) is 72.6 cm³/mol. The van der Waals surface area contributed by atoms with Crippen LogP contribution in [0.15, 0.2) is 30.3 Å². The van der Waals surface area contributed by atoms with E-state index in [1.165, 1.54) is 11.3 Å². The molecule has 2 atom stereocenters. The Kier molecular flexibility index (Phi) is 2.92. The molecule has 1 saturated heterocycles. The van der Waals surface area contributed by atoms with Crippen LogP contribution in [0.1, 0.15) is 49.4 Å². The molecule has 1 saturated carbocycles. The second-order valence-electron chi connectivity index (χ2n) is 6.00. The van der Waals surface area contributed by atoms with E-state index >= 15 is 0 Å². The number of amides is 2. The van der Waals surface area contributed by atoms with Gasteiger partial charge in [-0.3, -0.25) is 14.5 Å². The van der Waals surface area contributed by atoms with Crippen molar-refractivity contribution in [2.45, 2.75) is 44.6 Å². The van der Waals surface area contributed by atoms with Gasteiger partial charge in [0.2, 0.25) is 5.91 Å². The fraction of sp³-hybridized carbons (Fsp3) is 0.500. The number of hydrogen-bond donors (Lipinski definition) is 0. The van der Waals surface area contributed by atoms with Crippen molar-refractivity contribution in [3.05, 3.63) is 35.9 Å². The molecule has 1 aromatic rings. The third kappa shape index (κ3) is 1.97. The third-order valence-electron chi connectivity index (χ3n) is 4.50. The summed E-state index contributed by atoms with van der Waals surface area (Å²) in [6.45, 7) is 2.22. The average Bonchev–Trinajstić information content (AvgIpc) is 2.39. The number of rotatable bonds is 1. The maximum atomic E-state index is 12.5. The van der Waals surface area contributed by atoms with Crippen LogP contribution in [0.5, 0.6) is 0 Å². The molecule has 2 unspecified atom stereocenters. The highest BCUT2D eigenvalue weighted by molar-refractivity contribution is 6.09. The normalized spacial score (nSPS) is 30.3. The van der Waals surface area contributed by atoms with E-state index in [4.69, 9.17) is 0 Å². The maximum Gasteiger partial charge on any atom is 0.260 e. The average molecular weight is 257 g/mol. The van der Waals surface area contributed by atoms with E-state index in [1.807, 2.05) is 18.2 Å². The molecule has 1 heterocycles. The number of nitrogens with zero attached hydrogens (tertiary/aromatic N) is 1. The first-order valence-corrected chi connectivity index (χ1v) is 7.05. The zero-order valence-corrected chi connectivity index (χ0v) is 11.3. The van der Waals surface area contributed by atoms with Gasteiger partial charge in [-0.15, -0.1) is 0 Å². The zero-order chi connectivity index (χ0) is 13.5. The highest BCUT2D eigenvalue weighted by atomic mass is 16.2. The molecule has 0 bridgehead atoms. The van der Waals surface area contributed by atoms with Crippen molar-refractivity contribution >= 4 is 11.8 Å². The van der Waals surface area contributed by atoms with E-state index < -0.39 is 0 Å². The lowest BCUT2D eigenvalue weighted by atomic mass is 9.68. The number of likely N-dealkylation sites (tertiary alicyclic amines) is 1. The van der Waals surface area contributed by atoms with Crippen LogP contribution < -0.4 is 0 Å². The standard InChI is InChI=1S/C16H19NO2/c1-12-6-5-9-16(10-12)11-14(18)17(16)15(19)13-7-3-2-4-8-13/h2-4,7-8,12H,5-6,9-11H2,1H3. The quantitative estimate of drug-likeness (QED) is 0.573. The van der Waals surface area contributed by atoms with Crippen molar-refractivity contribution in [3.8, 4) is 0 Å². The number of β-lactam (4-membered cyclic amide) rings is 1. The highest BCUT2D eigenvalue weighted by Gasteiger charge is 2.55. The molecule has 2 fully saturated rings. The summed E-state index contributed by atoms with van der Waals surface area (Å²) in [4.78, 5) is 26.0. The van der Waals surface area contributed by atoms with Gasteiger partial charge in [0, 0.05) is 5.56 Å². The Balaban J connectivity index is 1.86. The van der Waals surface area contributed by atoms with Gasteiger partial charge in [0.25, 0.3) is 5.91 Å². The molecule has 3 heteroatoms. The molecular formula is C16H19NO2. The molecule has 0 radical (unpaired) electrons. The lowest BCUT2D eigenvalue weighted by Gasteiger charge is -2.54. The topological polar surface area (TPSA) is 37.4 Å². The van der Waals surface area contributed by atoms with Crippen LogP contribution in [-0.4, -0.2) is 22.3 Å². The molecule has 2 aliphatic rings. The molecule has 1 aromatic carbocycles. The number of imide groups is 1. The molecule has 1 aliphatic carbocycles. The molecule has 0 aromatic heterocycles.